The molecule has 0 spiro atoms. The second-order valence-corrected chi connectivity index (χ2v) is 7.86. The fourth-order valence-corrected chi connectivity index (χ4v) is 3.11. The lowest BCUT2D eigenvalue weighted by Crippen LogP contribution is -2.34. The minimum absolute atomic E-state index is 0.318. The Morgan fingerprint density at radius 3 is 2.41 bits per heavy atom. The fourth-order valence-electron chi connectivity index (χ4n) is 3.11. The number of benzene rings is 1. The van der Waals surface area contributed by atoms with Crippen LogP contribution in [0.3, 0.4) is 0 Å². The summed E-state index contributed by atoms with van der Waals surface area (Å²) in [5.74, 6) is -0.218. The van der Waals surface area contributed by atoms with Crippen molar-refractivity contribution >= 4 is 17.6 Å². The zero-order chi connectivity index (χ0) is 21.0. The predicted octanol–water partition coefficient (Wildman–Crippen LogP) is 3.59. The number of rotatable bonds is 5. The van der Waals surface area contributed by atoms with E-state index in [4.69, 9.17) is 14.2 Å². The Morgan fingerprint density at radius 1 is 1.07 bits per heavy atom. The van der Waals surface area contributed by atoms with E-state index in [1.807, 2.05) is 24.3 Å². The van der Waals surface area contributed by atoms with Gasteiger partial charge >= 0.3 is 5.97 Å². The third kappa shape index (κ3) is 5.32. The molecule has 0 aliphatic carbocycles. The molecule has 1 fully saturated rings. The number of amides is 1. The number of anilines is 1. The van der Waals surface area contributed by atoms with Crippen molar-refractivity contribution < 1.29 is 23.8 Å². The van der Waals surface area contributed by atoms with Crippen LogP contribution in [0.4, 0.5) is 5.69 Å². The van der Waals surface area contributed by atoms with Crippen molar-refractivity contribution in [2.75, 3.05) is 12.4 Å². The van der Waals surface area contributed by atoms with E-state index in [2.05, 4.69) is 10.3 Å². The van der Waals surface area contributed by atoms with E-state index in [0.717, 1.165) is 11.1 Å². The number of pyridine rings is 1. The van der Waals surface area contributed by atoms with Gasteiger partial charge in [-0.25, -0.2) is 4.79 Å². The predicted molar refractivity (Wildman–Crippen MR) is 109 cm³/mol. The summed E-state index contributed by atoms with van der Waals surface area (Å²) in [5.41, 5.74) is 1.83. The molecule has 1 aliphatic heterocycles. The first-order chi connectivity index (χ1) is 13.8. The third-order valence-corrected chi connectivity index (χ3v) is 4.45. The Hall–Kier alpha value is -2.93. The molecule has 2 atom stereocenters. The lowest BCUT2D eigenvalue weighted by molar-refractivity contribution is -0.168. The molecule has 0 radical (unpaired) electrons. The van der Waals surface area contributed by atoms with Crippen LogP contribution in [-0.4, -0.2) is 41.8 Å². The van der Waals surface area contributed by atoms with Gasteiger partial charge in [-0.2, -0.15) is 0 Å². The third-order valence-electron chi connectivity index (χ3n) is 4.45. The maximum absolute atomic E-state index is 12.7. The number of methoxy groups -OCH3 is 1. The minimum Gasteiger partial charge on any atom is -0.495 e. The Morgan fingerprint density at radius 2 is 1.76 bits per heavy atom. The van der Waals surface area contributed by atoms with Gasteiger partial charge in [-0.05, 0) is 69.0 Å². The van der Waals surface area contributed by atoms with Gasteiger partial charge in [0.05, 0.1) is 12.8 Å². The van der Waals surface area contributed by atoms with E-state index in [1.165, 1.54) is 0 Å². The van der Waals surface area contributed by atoms with Crippen molar-refractivity contribution in [1.82, 2.24) is 4.98 Å². The standard InChI is InChI=1S/C22H26N2O5/c1-22(2,3)29-21(26)19-8-7-18(28-19)20(25)24-16-13-15(5-6-17(16)27-4)14-9-11-23-12-10-14/h5-6,9-13,18-19H,7-8H2,1-4H3,(H,24,25)/t18-,19+/m1/s1. The summed E-state index contributed by atoms with van der Waals surface area (Å²) < 4.78 is 16.4. The van der Waals surface area contributed by atoms with Crippen molar-refractivity contribution in [3.63, 3.8) is 0 Å². The average molecular weight is 398 g/mol. The first kappa shape index (κ1) is 20.8. The highest BCUT2D eigenvalue weighted by atomic mass is 16.6. The molecule has 0 saturated carbocycles. The second-order valence-electron chi connectivity index (χ2n) is 7.86. The molecule has 2 aromatic rings. The summed E-state index contributed by atoms with van der Waals surface area (Å²) in [6.07, 6.45) is 2.86. The van der Waals surface area contributed by atoms with E-state index >= 15 is 0 Å². The smallest absolute Gasteiger partial charge is 0.335 e. The van der Waals surface area contributed by atoms with E-state index in [-0.39, 0.29) is 5.91 Å². The number of hydrogen-bond donors (Lipinski definition) is 1. The SMILES string of the molecule is COc1ccc(-c2ccncc2)cc1NC(=O)[C@H]1CC[C@@H](C(=O)OC(C)(C)C)O1. The summed E-state index contributed by atoms with van der Waals surface area (Å²) in [6, 6.07) is 9.32. The molecule has 0 unspecified atom stereocenters. The van der Waals surface area contributed by atoms with E-state index in [1.54, 1.807) is 46.3 Å². The molecule has 1 aromatic heterocycles. The monoisotopic (exact) mass is 398 g/mol. The molecule has 1 amide bonds. The van der Waals surface area contributed by atoms with Gasteiger partial charge in [-0.1, -0.05) is 6.07 Å². The number of ether oxygens (including phenoxy) is 3. The van der Waals surface area contributed by atoms with E-state index in [9.17, 15) is 9.59 Å². The number of carbonyl (C=O) groups is 2. The Labute approximate surface area is 170 Å². The molecule has 3 rings (SSSR count). The van der Waals surface area contributed by atoms with Crippen LogP contribution in [0, 0.1) is 0 Å². The minimum atomic E-state index is -0.727. The van der Waals surface area contributed by atoms with Crippen molar-refractivity contribution in [2.45, 2.75) is 51.4 Å². The molecule has 154 valence electrons. The van der Waals surface area contributed by atoms with Gasteiger partial charge in [0.2, 0.25) is 0 Å². The Kier molecular flexibility index (Phi) is 6.17. The molecular formula is C22H26N2O5. The zero-order valence-electron chi connectivity index (χ0n) is 17.1. The first-order valence-electron chi connectivity index (χ1n) is 9.54. The second kappa shape index (κ2) is 8.61. The highest BCUT2D eigenvalue weighted by Gasteiger charge is 2.37. The quantitative estimate of drug-likeness (QED) is 0.775. The van der Waals surface area contributed by atoms with Gasteiger partial charge in [0.25, 0.3) is 5.91 Å². The molecule has 29 heavy (non-hydrogen) atoms. The van der Waals surface area contributed by atoms with Gasteiger partial charge < -0.3 is 19.5 Å². The van der Waals surface area contributed by atoms with Crippen LogP contribution in [-0.2, 0) is 19.1 Å². The van der Waals surface area contributed by atoms with Gasteiger partial charge in [-0.3, -0.25) is 9.78 Å². The van der Waals surface area contributed by atoms with Gasteiger partial charge in [0, 0.05) is 12.4 Å². The maximum Gasteiger partial charge on any atom is 0.335 e. The van der Waals surface area contributed by atoms with Crippen molar-refractivity contribution in [1.29, 1.82) is 0 Å². The lowest BCUT2D eigenvalue weighted by Gasteiger charge is -2.22. The van der Waals surface area contributed by atoms with Crippen LogP contribution in [0.2, 0.25) is 0 Å². The van der Waals surface area contributed by atoms with Crippen molar-refractivity contribution in [2.24, 2.45) is 0 Å². The van der Waals surface area contributed by atoms with Crippen LogP contribution in [0.5, 0.6) is 5.75 Å². The molecule has 7 nitrogen and oxygen atoms in total. The number of hydrogen-bond acceptors (Lipinski definition) is 6. The molecular weight excluding hydrogens is 372 g/mol. The number of esters is 1. The van der Waals surface area contributed by atoms with Crippen LogP contribution in [0.25, 0.3) is 11.1 Å². The zero-order valence-corrected chi connectivity index (χ0v) is 17.1. The van der Waals surface area contributed by atoms with E-state index in [0.29, 0.717) is 24.3 Å². The largest absolute Gasteiger partial charge is 0.495 e. The fraction of sp³-hybridized carbons (Fsp3) is 0.409. The number of nitrogens with zero attached hydrogens (tertiary/aromatic N) is 1. The summed E-state index contributed by atoms with van der Waals surface area (Å²) in [5, 5.41) is 2.86. The highest BCUT2D eigenvalue weighted by Crippen LogP contribution is 2.31. The maximum atomic E-state index is 12.7. The highest BCUT2D eigenvalue weighted by molar-refractivity contribution is 5.96. The summed E-state index contributed by atoms with van der Waals surface area (Å²) in [4.78, 5) is 28.9. The normalized spacial score (nSPS) is 18.9. The average Bonchev–Trinajstić information content (AvgIpc) is 3.18. The molecule has 1 N–H and O–H groups in total. The van der Waals surface area contributed by atoms with Crippen LogP contribution < -0.4 is 10.1 Å². The van der Waals surface area contributed by atoms with Crippen LogP contribution >= 0.6 is 0 Å². The Balaban J connectivity index is 1.70. The molecule has 1 saturated heterocycles. The molecule has 2 heterocycles. The van der Waals surface area contributed by atoms with E-state index < -0.39 is 23.8 Å². The number of aromatic nitrogens is 1. The van der Waals surface area contributed by atoms with Gasteiger partial charge in [-0.15, -0.1) is 0 Å². The topological polar surface area (TPSA) is 86.8 Å². The molecule has 1 aliphatic rings. The summed E-state index contributed by atoms with van der Waals surface area (Å²) in [7, 11) is 1.54. The van der Waals surface area contributed by atoms with Gasteiger partial charge in [0.15, 0.2) is 6.10 Å². The van der Waals surface area contributed by atoms with Crippen LogP contribution in [0.15, 0.2) is 42.7 Å². The van der Waals surface area contributed by atoms with Gasteiger partial charge in [0.1, 0.15) is 17.5 Å². The van der Waals surface area contributed by atoms with Crippen molar-refractivity contribution in [3.05, 3.63) is 42.7 Å². The van der Waals surface area contributed by atoms with Crippen molar-refractivity contribution in [3.8, 4) is 16.9 Å². The molecule has 0 bridgehead atoms. The summed E-state index contributed by atoms with van der Waals surface area (Å²) in [6.45, 7) is 5.39. The summed E-state index contributed by atoms with van der Waals surface area (Å²) >= 11 is 0. The van der Waals surface area contributed by atoms with Crippen LogP contribution in [0.1, 0.15) is 33.6 Å². The molecule has 7 heteroatoms. The molecule has 1 aromatic carbocycles. The number of nitrogens with one attached hydrogen (secondary N) is 1. The first-order valence-corrected chi connectivity index (χ1v) is 9.54. The Bertz CT molecular complexity index is 877. The lowest BCUT2D eigenvalue weighted by atomic mass is 10.1. The number of carbonyl (C=O) groups excluding carboxylic acids is 2.